The summed E-state index contributed by atoms with van der Waals surface area (Å²) in [6.45, 7) is 2.52. The molecule has 3 aromatic rings. The SMILES string of the molecule is Cn1c(=O)c(C(=O)N2C[C@@H]3CNC[C@@H]3[C@@H]2c2ccccc2)cc2ccccc21. The lowest BCUT2D eigenvalue weighted by atomic mass is 9.89. The van der Waals surface area contributed by atoms with Crippen molar-refractivity contribution in [1.29, 1.82) is 0 Å². The number of benzene rings is 2. The second-order valence-corrected chi connectivity index (χ2v) is 7.88. The Morgan fingerprint density at radius 2 is 1.79 bits per heavy atom. The van der Waals surface area contributed by atoms with Crippen LogP contribution >= 0.6 is 0 Å². The maximum absolute atomic E-state index is 13.6. The number of aryl methyl sites for hydroxylation is 1. The zero-order chi connectivity index (χ0) is 19.3. The van der Waals surface area contributed by atoms with Crippen molar-refractivity contribution in [3.63, 3.8) is 0 Å². The molecule has 28 heavy (non-hydrogen) atoms. The van der Waals surface area contributed by atoms with Crippen LogP contribution < -0.4 is 10.9 Å². The lowest BCUT2D eigenvalue weighted by molar-refractivity contribution is 0.0712. The minimum atomic E-state index is -0.231. The average Bonchev–Trinajstić information content (AvgIpc) is 3.32. The molecule has 1 aromatic heterocycles. The van der Waals surface area contributed by atoms with Gasteiger partial charge in [0, 0.05) is 32.6 Å². The molecular formula is C23H23N3O2. The van der Waals surface area contributed by atoms with Gasteiger partial charge in [0.2, 0.25) is 0 Å². The molecule has 0 saturated carbocycles. The topological polar surface area (TPSA) is 54.3 Å². The Bertz CT molecular complexity index is 1110. The lowest BCUT2D eigenvalue weighted by Gasteiger charge is -2.28. The highest BCUT2D eigenvalue weighted by atomic mass is 16.2. The summed E-state index contributed by atoms with van der Waals surface area (Å²) < 4.78 is 1.58. The van der Waals surface area contributed by atoms with E-state index in [0.29, 0.717) is 18.4 Å². The van der Waals surface area contributed by atoms with Crippen LogP contribution in [0.15, 0.2) is 65.5 Å². The summed E-state index contributed by atoms with van der Waals surface area (Å²) in [5.74, 6) is 0.656. The third-order valence-corrected chi connectivity index (χ3v) is 6.33. The Morgan fingerprint density at radius 1 is 1.04 bits per heavy atom. The number of nitrogens with one attached hydrogen (secondary N) is 1. The molecule has 2 aliphatic heterocycles. The molecule has 2 saturated heterocycles. The highest BCUT2D eigenvalue weighted by molar-refractivity contribution is 5.97. The summed E-state index contributed by atoms with van der Waals surface area (Å²) in [6.07, 6.45) is 0. The number of amides is 1. The molecule has 5 heteroatoms. The summed E-state index contributed by atoms with van der Waals surface area (Å²) in [7, 11) is 1.73. The van der Waals surface area contributed by atoms with Crippen LogP contribution in [0.1, 0.15) is 22.0 Å². The third kappa shape index (κ3) is 2.58. The highest BCUT2D eigenvalue weighted by Crippen LogP contribution is 2.43. The molecule has 0 bridgehead atoms. The molecule has 0 unspecified atom stereocenters. The van der Waals surface area contributed by atoms with Gasteiger partial charge >= 0.3 is 0 Å². The van der Waals surface area contributed by atoms with Crippen molar-refractivity contribution < 1.29 is 4.79 Å². The molecule has 3 heterocycles. The quantitative estimate of drug-likeness (QED) is 0.751. The molecule has 2 aliphatic rings. The van der Waals surface area contributed by atoms with Crippen molar-refractivity contribution in [2.45, 2.75) is 6.04 Å². The van der Waals surface area contributed by atoms with E-state index < -0.39 is 0 Å². The van der Waals surface area contributed by atoms with Crippen molar-refractivity contribution in [3.05, 3.63) is 82.1 Å². The van der Waals surface area contributed by atoms with Crippen LogP contribution in [0.25, 0.3) is 10.9 Å². The van der Waals surface area contributed by atoms with Crippen molar-refractivity contribution in [2.75, 3.05) is 19.6 Å². The molecule has 2 aromatic carbocycles. The van der Waals surface area contributed by atoms with Crippen LogP contribution in [0.3, 0.4) is 0 Å². The third-order valence-electron chi connectivity index (χ3n) is 6.33. The summed E-state index contributed by atoms with van der Waals surface area (Å²) >= 11 is 0. The van der Waals surface area contributed by atoms with E-state index in [1.165, 1.54) is 0 Å². The molecular weight excluding hydrogens is 350 g/mol. The molecule has 2 fully saturated rings. The van der Waals surface area contributed by atoms with Crippen molar-refractivity contribution in [3.8, 4) is 0 Å². The van der Waals surface area contributed by atoms with E-state index >= 15 is 0 Å². The number of hydrogen-bond acceptors (Lipinski definition) is 3. The van der Waals surface area contributed by atoms with Gasteiger partial charge in [-0.25, -0.2) is 0 Å². The van der Waals surface area contributed by atoms with Gasteiger partial charge in [0.05, 0.1) is 11.6 Å². The van der Waals surface area contributed by atoms with E-state index in [9.17, 15) is 9.59 Å². The summed E-state index contributed by atoms with van der Waals surface area (Å²) in [4.78, 5) is 28.5. The van der Waals surface area contributed by atoms with Crippen LogP contribution in [0.2, 0.25) is 0 Å². The number of fused-ring (bicyclic) bond motifs is 2. The van der Waals surface area contributed by atoms with Gasteiger partial charge in [-0.2, -0.15) is 0 Å². The zero-order valence-corrected chi connectivity index (χ0v) is 15.8. The minimum Gasteiger partial charge on any atom is -0.331 e. The normalized spacial score (nSPS) is 23.9. The van der Waals surface area contributed by atoms with Gasteiger partial charge in [0.15, 0.2) is 0 Å². The van der Waals surface area contributed by atoms with E-state index in [1.54, 1.807) is 17.7 Å². The molecule has 5 nitrogen and oxygen atoms in total. The van der Waals surface area contributed by atoms with Crippen LogP contribution in [0.5, 0.6) is 0 Å². The van der Waals surface area contributed by atoms with E-state index in [0.717, 1.165) is 29.6 Å². The highest BCUT2D eigenvalue weighted by Gasteiger charge is 2.47. The number of carbonyl (C=O) groups excluding carboxylic acids is 1. The molecule has 5 rings (SSSR count). The fourth-order valence-corrected chi connectivity index (χ4v) is 4.94. The van der Waals surface area contributed by atoms with Gasteiger partial charge in [-0.1, -0.05) is 48.5 Å². The monoisotopic (exact) mass is 373 g/mol. The van der Waals surface area contributed by atoms with E-state index in [-0.39, 0.29) is 23.1 Å². The van der Waals surface area contributed by atoms with Crippen LogP contribution in [0, 0.1) is 11.8 Å². The van der Waals surface area contributed by atoms with Gasteiger partial charge in [-0.3, -0.25) is 9.59 Å². The average molecular weight is 373 g/mol. The first-order chi connectivity index (χ1) is 13.6. The Morgan fingerprint density at radius 3 is 2.61 bits per heavy atom. The van der Waals surface area contributed by atoms with E-state index in [1.807, 2.05) is 47.4 Å². The number of rotatable bonds is 2. The number of hydrogen-bond donors (Lipinski definition) is 1. The van der Waals surface area contributed by atoms with E-state index in [4.69, 9.17) is 0 Å². The van der Waals surface area contributed by atoms with Gasteiger partial charge in [-0.15, -0.1) is 0 Å². The predicted octanol–water partition coefficient (Wildman–Crippen LogP) is 2.57. The van der Waals surface area contributed by atoms with Gasteiger partial charge in [0.1, 0.15) is 5.56 Å². The first kappa shape index (κ1) is 17.2. The van der Waals surface area contributed by atoms with Gasteiger partial charge in [-0.05, 0) is 29.0 Å². The first-order valence-electron chi connectivity index (χ1n) is 9.80. The number of carbonyl (C=O) groups is 1. The first-order valence-corrected chi connectivity index (χ1v) is 9.80. The Hall–Kier alpha value is -2.92. The number of likely N-dealkylation sites (tertiary alicyclic amines) is 1. The predicted molar refractivity (Wildman–Crippen MR) is 109 cm³/mol. The van der Waals surface area contributed by atoms with Crippen molar-refractivity contribution in [2.24, 2.45) is 18.9 Å². The molecule has 1 amide bonds. The lowest BCUT2D eigenvalue weighted by Crippen LogP contribution is -2.38. The maximum Gasteiger partial charge on any atom is 0.263 e. The second kappa shape index (κ2) is 6.60. The molecule has 1 N–H and O–H groups in total. The standard InChI is InChI=1S/C23H23N3O2/c1-25-20-10-6-5-9-16(20)11-18(22(25)27)23(28)26-14-17-12-24-13-19(17)21(26)15-7-3-2-4-8-15/h2-11,17,19,21,24H,12-14H2,1H3/t17-,19-,21-/m0/s1. The summed E-state index contributed by atoms with van der Waals surface area (Å²) in [5.41, 5.74) is 2.01. The van der Waals surface area contributed by atoms with Gasteiger partial charge in [0.25, 0.3) is 11.5 Å². The van der Waals surface area contributed by atoms with Crippen LogP contribution in [-0.2, 0) is 7.05 Å². The number of para-hydroxylation sites is 1. The summed E-state index contributed by atoms with van der Waals surface area (Å²) in [5, 5.41) is 4.37. The second-order valence-electron chi connectivity index (χ2n) is 7.88. The molecule has 0 spiro atoms. The maximum atomic E-state index is 13.6. The number of aromatic nitrogens is 1. The number of nitrogens with zero attached hydrogens (tertiary/aromatic N) is 2. The zero-order valence-electron chi connectivity index (χ0n) is 15.8. The van der Waals surface area contributed by atoms with Crippen LogP contribution in [-0.4, -0.2) is 35.0 Å². The minimum absolute atomic E-state index is 0.00452. The van der Waals surface area contributed by atoms with Crippen molar-refractivity contribution >= 4 is 16.8 Å². The Balaban J connectivity index is 1.60. The Kier molecular flexibility index (Phi) is 4.05. The molecule has 0 aliphatic carbocycles. The largest absolute Gasteiger partial charge is 0.331 e. The van der Waals surface area contributed by atoms with Gasteiger partial charge < -0.3 is 14.8 Å². The molecule has 0 radical (unpaired) electrons. The van der Waals surface area contributed by atoms with E-state index in [2.05, 4.69) is 17.4 Å². The Labute approximate surface area is 163 Å². The van der Waals surface area contributed by atoms with Crippen LogP contribution in [0.4, 0.5) is 0 Å². The summed E-state index contributed by atoms with van der Waals surface area (Å²) in [6, 6.07) is 19.7. The van der Waals surface area contributed by atoms with Crippen molar-refractivity contribution in [1.82, 2.24) is 14.8 Å². The molecule has 142 valence electrons. The smallest absolute Gasteiger partial charge is 0.263 e. The fourth-order valence-electron chi connectivity index (χ4n) is 4.94. The fraction of sp³-hybridized carbons (Fsp3) is 0.304. The molecule has 3 atom stereocenters. The number of pyridine rings is 1.